The zero-order valence-corrected chi connectivity index (χ0v) is 18.7. The number of thiol groups is 1. The molecule has 2 heterocycles. The van der Waals surface area contributed by atoms with Gasteiger partial charge in [0.25, 0.3) is 0 Å². The first-order valence-electron chi connectivity index (χ1n) is 10.1. The Hall–Kier alpha value is -2.16. The number of rotatable bonds is 7. The summed E-state index contributed by atoms with van der Waals surface area (Å²) in [5.74, 6) is -0.678. The highest BCUT2D eigenvalue weighted by atomic mass is 35.5. The average molecular weight is 465 g/mol. The van der Waals surface area contributed by atoms with E-state index >= 15 is 0 Å². The smallest absolute Gasteiger partial charge is 0.239 e. The highest BCUT2D eigenvalue weighted by molar-refractivity contribution is 7.81. The maximum atomic E-state index is 14.6. The van der Waals surface area contributed by atoms with E-state index < -0.39 is 11.9 Å². The van der Waals surface area contributed by atoms with Crippen molar-refractivity contribution < 1.29 is 14.0 Å². The summed E-state index contributed by atoms with van der Waals surface area (Å²) < 4.78 is 16.1. The van der Waals surface area contributed by atoms with Crippen LogP contribution in [0.1, 0.15) is 36.6 Å². The van der Waals surface area contributed by atoms with Crippen LogP contribution in [-0.4, -0.2) is 44.7 Å². The molecule has 1 aromatic heterocycles. The second-order valence-corrected chi connectivity index (χ2v) is 8.62. The number of nitrogens with zero attached hydrogens (tertiary/aromatic N) is 3. The van der Waals surface area contributed by atoms with E-state index in [4.69, 9.17) is 18.4 Å². The van der Waals surface area contributed by atoms with E-state index in [-0.39, 0.29) is 41.7 Å². The number of hydrogen-bond donors (Lipinski definition) is 2. The third kappa shape index (κ3) is 5.56. The second kappa shape index (κ2) is 9.97. The molecule has 2 unspecified atom stereocenters. The quantitative estimate of drug-likeness (QED) is 0.617. The van der Waals surface area contributed by atoms with Crippen LogP contribution in [0, 0.1) is 11.7 Å². The van der Waals surface area contributed by atoms with E-state index in [1.165, 1.54) is 10.7 Å². The first-order chi connectivity index (χ1) is 14.4. The minimum absolute atomic E-state index is 0. The van der Waals surface area contributed by atoms with E-state index in [1.54, 1.807) is 30.5 Å². The van der Waals surface area contributed by atoms with Gasteiger partial charge in [0.2, 0.25) is 5.91 Å². The van der Waals surface area contributed by atoms with Gasteiger partial charge in [-0.1, -0.05) is 18.2 Å². The molecule has 0 spiro atoms. The summed E-state index contributed by atoms with van der Waals surface area (Å²) in [5, 5.41) is 4.38. The molecule has 1 aliphatic heterocycles. The summed E-state index contributed by atoms with van der Waals surface area (Å²) in [4.78, 5) is 26.2. The van der Waals surface area contributed by atoms with E-state index in [0.717, 1.165) is 24.8 Å². The van der Waals surface area contributed by atoms with Crippen LogP contribution >= 0.6 is 25.0 Å². The van der Waals surface area contributed by atoms with Gasteiger partial charge in [-0.15, -0.1) is 12.4 Å². The fourth-order valence-electron chi connectivity index (χ4n) is 3.96. The van der Waals surface area contributed by atoms with Crippen molar-refractivity contribution in [3.05, 3.63) is 59.2 Å². The molecule has 6 nitrogen and oxygen atoms in total. The molecule has 2 aromatic rings. The summed E-state index contributed by atoms with van der Waals surface area (Å²) in [6.45, 7) is 1.19. The Bertz CT molecular complexity index is 991. The normalized spacial score (nSPS) is 21.5. The van der Waals surface area contributed by atoms with E-state index in [1.807, 2.05) is 6.08 Å². The average Bonchev–Trinajstić information content (AvgIpc) is 3.47. The molecule has 0 bridgehead atoms. The van der Waals surface area contributed by atoms with Gasteiger partial charge in [-0.25, -0.2) is 4.39 Å². The number of likely N-dealkylation sites (tertiary alicyclic amines) is 1. The highest BCUT2D eigenvalue weighted by Crippen LogP contribution is 2.39. The molecule has 2 N–H and O–H groups in total. The molecule has 2 atom stereocenters. The maximum Gasteiger partial charge on any atom is 0.239 e. The van der Waals surface area contributed by atoms with Crippen LogP contribution in [0.25, 0.3) is 6.08 Å². The molecule has 1 aromatic carbocycles. The van der Waals surface area contributed by atoms with Gasteiger partial charge >= 0.3 is 0 Å². The minimum atomic E-state index is -0.588. The van der Waals surface area contributed by atoms with Crippen LogP contribution in [0.2, 0.25) is 0 Å². The number of carbonyl (C=O) groups is 2. The van der Waals surface area contributed by atoms with Gasteiger partial charge in [0.05, 0.1) is 11.7 Å². The van der Waals surface area contributed by atoms with Gasteiger partial charge in [-0.3, -0.25) is 19.2 Å². The number of primary amides is 1. The minimum Gasteiger partial charge on any atom is -0.368 e. The molecule has 2 fully saturated rings. The first-order valence-corrected chi connectivity index (χ1v) is 10.7. The zero-order chi connectivity index (χ0) is 21.3. The lowest BCUT2D eigenvalue weighted by atomic mass is 9.93. The van der Waals surface area contributed by atoms with Crippen molar-refractivity contribution >= 4 is 42.8 Å². The number of amides is 1. The number of hydrogen-bond acceptors (Lipinski definition) is 5. The van der Waals surface area contributed by atoms with Gasteiger partial charge in [-0.2, -0.15) is 17.7 Å². The number of aromatic nitrogens is 2. The van der Waals surface area contributed by atoms with Crippen molar-refractivity contribution in [1.82, 2.24) is 14.7 Å². The third-order valence-corrected chi connectivity index (χ3v) is 6.22. The van der Waals surface area contributed by atoms with Crippen LogP contribution < -0.4 is 5.73 Å². The molecule has 1 aliphatic carbocycles. The lowest BCUT2D eigenvalue weighted by Gasteiger charge is -2.37. The van der Waals surface area contributed by atoms with Crippen LogP contribution in [0.5, 0.6) is 0 Å². The molecule has 4 rings (SSSR count). The van der Waals surface area contributed by atoms with Crippen molar-refractivity contribution in [1.29, 1.82) is 0 Å². The highest BCUT2D eigenvalue weighted by Gasteiger charge is 2.40. The molecule has 31 heavy (non-hydrogen) atoms. The van der Waals surface area contributed by atoms with Crippen molar-refractivity contribution in [3.63, 3.8) is 0 Å². The molecule has 1 saturated heterocycles. The van der Waals surface area contributed by atoms with E-state index in [2.05, 4.69) is 10.00 Å². The van der Waals surface area contributed by atoms with Gasteiger partial charge < -0.3 is 5.73 Å². The monoisotopic (exact) mass is 464 g/mol. The molecule has 166 valence electrons. The van der Waals surface area contributed by atoms with Crippen molar-refractivity contribution in [2.24, 2.45) is 11.7 Å². The Balaban J connectivity index is 0.00000272. The molecular formula is C22H26ClFN4O2S. The van der Waals surface area contributed by atoms with Gasteiger partial charge in [0.1, 0.15) is 12.4 Å². The second-order valence-electron chi connectivity index (χ2n) is 8.00. The van der Waals surface area contributed by atoms with Crippen molar-refractivity contribution in [2.75, 3.05) is 13.1 Å². The predicted octanol–water partition coefficient (Wildman–Crippen LogP) is 3.04. The van der Waals surface area contributed by atoms with Gasteiger partial charge in [-0.05, 0) is 43.0 Å². The molecule has 1 amide bonds. The topological polar surface area (TPSA) is 81.2 Å². The van der Waals surface area contributed by atoms with Crippen molar-refractivity contribution in [3.8, 4) is 0 Å². The van der Waals surface area contributed by atoms with Gasteiger partial charge in [0.15, 0.2) is 5.78 Å². The number of nitrogens with two attached hydrogens (primary N) is 1. The Labute approximate surface area is 192 Å². The Morgan fingerprint density at radius 3 is 2.68 bits per heavy atom. The lowest BCUT2D eigenvalue weighted by Crippen LogP contribution is -2.42. The number of halogens is 2. The van der Waals surface area contributed by atoms with E-state index in [9.17, 15) is 14.0 Å². The Morgan fingerprint density at radius 2 is 2.00 bits per heavy atom. The number of carbonyl (C=O) groups excluding carboxylic acids is 2. The Kier molecular flexibility index (Phi) is 7.56. The number of piperidine rings is 1. The van der Waals surface area contributed by atoms with Crippen molar-refractivity contribution in [2.45, 2.75) is 37.1 Å². The number of Topliss-reactive ketones (excluding diaryl/α,β-unsaturated/α-hetero) is 1. The third-order valence-electron chi connectivity index (χ3n) is 5.63. The summed E-state index contributed by atoms with van der Waals surface area (Å²) in [6, 6.07) is 7.76. The SMILES string of the molecule is Cl.NC(=O)Cn1ccc(C=C2CN(C(C(=O)C3CC3)c3ccccc3F)CCC2S)n1. The van der Waals surface area contributed by atoms with Crippen LogP contribution in [0.15, 0.2) is 42.1 Å². The molecule has 9 heteroatoms. The molecule has 1 saturated carbocycles. The summed E-state index contributed by atoms with van der Waals surface area (Å²) in [7, 11) is 0. The van der Waals surface area contributed by atoms with Gasteiger partial charge in [0, 0.05) is 36.0 Å². The molecular weight excluding hydrogens is 439 g/mol. The molecule has 0 radical (unpaired) electrons. The van der Waals surface area contributed by atoms with Crippen LogP contribution in [0.3, 0.4) is 0 Å². The largest absolute Gasteiger partial charge is 0.368 e. The number of benzene rings is 1. The van der Waals surface area contributed by atoms with E-state index in [0.29, 0.717) is 24.3 Å². The fourth-order valence-corrected chi connectivity index (χ4v) is 4.24. The predicted molar refractivity (Wildman–Crippen MR) is 122 cm³/mol. The Morgan fingerprint density at radius 1 is 1.26 bits per heavy atom. The summed E-state index contributed by atoms with van der Waals surface area (Å²) in [6.07, 6.45) is 6.14. The number of ketones is 1. The maximum absolute atomic E-state index is 14.6. The standard InChI is InChI=1S/C22H25FN4O2S.ClH/c23-18-4-2-1-3-17(18)21(22(29)14-5-6-14)26-9-8-19(30)15(12-26)11-16-7-10-27(25-16)13-20(24)28;/h1-4,7,10-11,14,19,21,30H,5-6,8-9,12-13H2,(H2,24,28);1H. The first kappa shape index (κ1) is 23.5. The summed E-state index contributed by atoms with van der Waals surface area (Å²) >= 11 is 4.71. The van der Waals surface area contributed by atoms with Crippen LogP contribution in [0.4, 0.5) is 4.39 Å². The lowest BCUT2D eigenvalue weighted by molar-refractivity contribution is -0.126. The fraction of sp³-hybridized carbons (Fsp3) is 0.409. The molecule has 2 aliphatic rings. The zero-order valence-electron chi connectivity index (χ0n) is 17.0. The van der Waals surface area contributed by atoms with Crippen LogP contribution in [-0.2, 0) is 16.1 Å². The summed E-state index contributed by atoms with van der Waals surface area (Å²) in [5.41, 5.74) is 7.37.